The molecule has 78 valence electrons. The Morgan fingerprint density at radius 1 is 1.29 bits per heavy atom. The number of nitrogens with two attached hydrogens (primary N) is 1. The van der Waals surface area contributed by atoms with Crippen LogP contribution in [0.4, 0.5) is 0 Å². The van der Waals surface area contributed by atoms with Crippen LogP contribution in [0, 0.1) is 0 Å². The highest BCUT2D eigenvalue weighted by Crippen LogP contribution is 2.27. The van der Waals surface area contributed by atoms with E-state index in [1.54, 1.807) is 7.11 Å². The molecule has 4 heteroatoms. The Balaban J connectivity index is 0.000000980. The average Bonchev–Trinajstić information content (AvgIpc) is 2.14. The van der Waals surface area contributed by atoms with E-state index in [1.807, 2.05) is 24.3 Å². The topological polar surface area (TPSA) is 44.5 Å². The van der Waals surface area contributed by atoms with Crippen molar-refractivity contribution in [3.05, 3.63) is 29.8 Å². The summed E-state index contributed by atoms with van der Waals surface area (Å²) in [6.07, 6.45) is 0. The van der Waals surface area contributed by atoms with Crippen LogP contribution in [0.2, 0.25) is 0 Å². The highest BCUT2D eigenvalue weighted by atomic mass is 35.5. The predicted octanol–water partition coefficient (Wildman–Crippen LogP) is 1.30. The zero-order valence-corrected chi connectivity index (χ0v) is 8.84. The number of benzene rings is 1. The highest BCUT2D eigenvalue weighted by molar-refractivity contribution is 5.85. The molecule has 1 fully saturated rings. The molecule has 3 nitrogen and oxygen atoms in total. The zero-order chi connectivity index (χ0) is 9.31. The van der Waals surface area contributed by atoms with E-state index in [2.05, 4.69) is 0 Å². The van der Waals surface area contributed by atoms with Gasteiger partial charge in [-0.1, -0.05) is 12.1 Å². The molecule has 0 aromatic heterocycles. The van der Waals surface area contributed by atoms with Crippen LogP contribution in [0.3, 0.4) is 0 Å². The quantitative estimate of drug-likeness (QED) is 0.809. The van der Waals surface area contributed by atoms with Crippen molar-refractivity contribution in [1.29, 1.82) is 0 Å². The van der Waals surface area contributed by atoms with Gasteiger partial charge in [-0.3, -0.25) is 0 Å². The summed E-state index contributed by atoms with van der Waals surface area (Å²) in [5.74, 6) is 0.854. The Kier molecular flexibility index (Phi) is 3.37. The van der Waals surface area contributed by atoms with Crippen molar-refractivity contribution in [2.75, 3.05) is 20.3 Å². The molecule has 1 aliphatic heterocycles. The Bertz CT molecular complexity index is 295. The molecule has 0 radical (unpaired) electrons. The van der Waals surface area contributed by atoms with E-state index in [9.17, 15) is 0 Å². The number of hydrogen-bond donors (Lipinski definition) is 1. The van der Waals surface area contributed by atoms with Crippen LogP contribution in [-0.2, 0) is 10.3 Å². The molecule has 2 N–H and O–H groups in total. The molecular formula is C10H14ClNO2. The van der Waals surface area contributed by atoms with Gasteiger partial charge in [-0.05, 0) is 17.7 Å². The Hall–Kier alpha value is -0.770. The second kappa shape index (κ2) is 4.17. The fourth-order valence-electron chi connectivity index (χ4n) is 1.41. The fourth-order valence-corrected chi connectivity index (χ4v) is 1.41. The Morgan fingerprint density at radius 3 is 2.21 bits per heavy atom. The molecule has 2 rings (SSSR count). The number of ether oxygens (including phenoxy) is 2. The minimum absolute atomic E-state index is 0. The molecule has 1 aliphatic rings. The molecule has 0 saturated carbocycles. The minimum Gasteiger partial charge on any atom is -0.497 e. The third-order valence-electron chi connectivity index (χ3n) is 2.38. The zero-order valence-electron chi connectivity index (χ0n) is 8.03. The molecule has 0 bridgehead atoms. The number of rotatable bonds is 2. The first-order valence-electron chi connectivity index (χ1n) is 4.26. The summed E-state index contributed by atoms with van der Waals surface area (Å²) >= 11 is 0. The van der Waals surface area contributed by atoms with Crippen LogP contribution >= 0.6 is 12.4 Å². The summed E-state index contributed by atoms with van der Waals surface area (Å²) in [7, 11) is 1.65. The van der Waals surface area contributed by atoms with Crippen LogP contribution in [0.15, 0.2) is 24.3 Å². The molecule has 1 aromatic carbocycles. The van der Waals surface area contributed by atoms with Gasteiger partial charge in [0.25, 0.3) is 0 Å². The highest BCUT2D eigenvalue weighted by Gasteiger charge is 2.35. The minimum atomic E-state index is -0.272. The van der Waals surface area contributed by atoms with Gasteiger partial charge in [0.15, 0.2) is 0 Å². The standard InChI is InChI=1S/C10H13NO2.ClH/c1-12-9-4-2-8(3-5-9)10(11)6-13-7-10;/h2-5H,6-7,11H2,1H3;1H. The Labute approximate surface area is 89.6 Å². The van der Waals surface area contributed by atoms with Crippen LogP contribution in [0.25, 0.3) is 0 Å². The number of hydrogen-bond acceptors (Lipinski definition) is 3. The third kappa shape index (κ3) is 1.85. The average molecular weight is 216 g/mol. The first kappa shape index (κ1) is 11.3. The van der Waals surface area contributed by atoms with Crippen molar-refractivity contribution < 1.29 is 9.47 Å². The molecule has 1 aromatic rings. The maximum Gasteiger partial charge on any atom is 0.118 e. The van der Waals surface area contributed by atoms with E-state index >= 15 is 0 Å². The van der Waals surface area contributed by atoms with Gasteiger partial charge in [0, 0.05) is 0 Å². The lowest BCUT2D eigenvalue weighted by molar-refractivity contribution is -0.0569. The van der Waals surface area contributed by atoms with Crippen molar-refractivity contribution >= 4 is 12.4 Å². The summed E-state index contributed by atoms with van der Waals surface area (Å²) < 4.78 is 10.2. The maximum atomic E-state index is 6.05. The van der Waals surface area contributed by atoms with Gasteiger partial charge in [0.1, 0.15) is 5.75 Å². The first-order chi connectivity index (χ1) is 6.24. The summed E-state index contributed by atoms with van der Waals surface area (Å²) in [5.41, 5.74) is 6.89. The van der Waals surface area contributed by atoms with Gasteiger partial charge >= 0.3 is 0 Å². The summed E-state index contributed by atoms with van der Waals surface area (Å²) in [6, 6.07) is 7.81. The van der Waals surface area contributed by atoms with E-state index in [-0.39, 0.29) is 17.9 Å². The van der Waals surface area contributed by atoms with Crippen molar-refractivity contribution in [1.82, 2.24) is 0 Å². The largest absolute Gasteiger partial charge is 0.497 e. The number of halogens is 1. The van der Waals surface area contributed by atoms with Crippen LogP contribution in [0.5, 0.6) is 5.75 Å². The van der Waals surface area contributed by atoms with Crippen molar-refractivity contribution in [2.24, 2.45) is 5.73 Å². The van der Waals surface area contributed by atoms with Gasteiger partial charge in [-0.25, -0.2) is 0 Å². The van der Waals surface area contributed by atoms with E-state index < -0.39 is 0 Å². The third-order valence-corrected chi connectivity index (χ3v) is 2.38. The van der Waals surface area contributed by atoms with Gasteiger partial charge in [0.2, 0.25) is 0 Å². The van der Waals surface area contributed by atoms with Gasteiger partial charge < -0.3 is 15.2 Å². The summed E-state index contributed by atoms with van der Waals surface area (Å²) in [4.78, 5) is 0. The predicted molar refractivity (Wildman–Crippen MR) is 56.9 cm³/mol. The van der Waals surface area contributed by atoms with Gasteiger partial charge in [0.05, 0.1) is 25.9 Å². The summed E-state index contributed by atoms with van der Waals surface area (Å²) in [6.45, 7) is 1.22. The SMILES string of the molecule is COc1ccc(C2(N)COC2)cc1.Cl. The lowest BCUT2D eigenvalue weighted by atomic mass is 9.89. The fraction of sp³-hybridized carbons (Fsp3) is 0.400. The Morgan fingerprint density at radius 2 is 1.86 bits per heavy atom. The van der Waals surface area contributed by atoms with Gasteiger partial charge in [-0.15, -0.1) is 12.4 Å². The molecular weight excluding hydrogens is 202 g/mol. The van der Waals surface area contributed by atoms with E-state index in [1.165, 1.54) is 0 Å². The van der Waals surface area contributed by atoms with E-state index in [0.717, 1.165) is 11.3 Å². The molecule has 0 atom stereocenters. The molecule has 14 heavy (non-hydrogen) atoms. The van der Waals surface area contributed by atoms with Crippen molar-refractivity contribution in [3.63, 3.8) is 0 Å². The molecule has 0 spiro atoms. The second-order valence-electron chi connectivity index (χ2n) is 3.38. The van der Waals surface area contributed by atoms with E-state index in [4.69, 9.17) is 15.2 Å². The van der Waals surface area contributed by atoms with Crippen LogP contribution in [0.1, 0.15) is 5.56 Å². The monoisotopic (exact) mass is 215 g/mol. The lowest BCUT2D eigenvalue weighted by Crippen LogP contribution is -2.54. The number of methoxy groups -OCH3 is 1. The molecule has 1 saturated heterocycles. The molecule has 0 aliphatic carbocycles. The summed E-state index contributed by atoms with van der Waals surface area (Å²) in [5, 5.41) is 0. The van der Waals surface area contributed by atoms with Crippen molar-refractivity contribution in [2.45, 2.75) is 5.54 Å². The van der Waals surface area contributed by atoms with Crippen molar-refractivity contribution in [3.8, 4) is 5.75 Å². The second-order valence-corrected chi connectivity index (χ2v) is 3.38. The maximum absolute atomic E-state index is 6.05. The van der Waals surface area contributed by atoms with Crippen LogP contribution < -0.4 is 10.5 Å². The van der Waals surface area contributed by atoms with Crippen LogP contribution in [-0.4, -0.2) is 20.3 Å². The molecule has 0 amide bonds. The lowest BCUT2D eigenvalue weighted by Gasteiger charge is -2.38. The smallest absolute Gasteiger partial charge is 0.118 e. The molecule has 0 unspecified atom stereocenters. The normalized spacial score (nSPS) is 17.9. The molecule has 1 heterocycles. The van der Waals surface area contributed by atoms with E-state index in [0.29, 0.717) is 13.2 Å². The van der Waals surface area contributed by atoms with Gasteiger partial charge in [-0.2, -0.15) is 0 Å². The first-order valence-corrected chi connectivity index (χ1v) is 4.26.